The molecule has 1 heterocycles. The first-order valence-electron chi connectivity index (χ1n) is 7.42. The second-order valence-corrected chi connectivity index (χ2v) is 7.03. The fourth-order valence-electron chi connectivity index (χ4n) is 2.20. The highest BCUT2D eigenvalue weighted by molar-refractivity contribution is 9.10. The maximum atomic E-state index is 13.7. The molecule has 0 bridgehead atoms. The summed E-state index contributed by atoms with van der Waals surface area (Å²) in [4.78, 5) is 11.9. The quantitative estimate of drug-likeness (QED) is 0.440. The van der Waals surface area contributed by atoms with Crippen LogP contribution in [0.3, 0.4) is 0 Å². The number of rotatable bonds is 4. The summed E-state index contributed by atoms with van der Waals surface area (Å²) in [6.07, 6.45) is 2.74. The van der Waals surface area contributed by atoms with Crippen LogP contribution in [0.1, 0.15) is 5.76 Å². The number of carbonyl (C=O) groups is 1. The summed E-state index contributed by atoms with van der Waals surface area (Å²) in [5, 5.41) is 3.46. The first kappa shape index (κ1) is 18.7. The van der Waals surface area contributed by atoms with Crippen LogP contribution in [0, 0.1) is 5.82 Å². The normalized spacial score (nSPS) is 11.1. The van der Waals surface area contributed by atoms with Gasteiger partial charge in [0.05, 0.1) is 10.7 Å². The minimum absolute atomic E-state index is 0.0935. The lowest BCUT2D eigenvalue weighted by Crippen LogP contribution is -2.09. The molecule has 7 heteroatoms. The van der Waals surface area contributed by atoms with E-state index < -0.39 is 11.7 Å². The van der Waals surface area contributed by atoms with Gasteiger partial charge >= 0.3 is 0 Å². The Morgan fingerprint density at radius 1 is 1.12 bits per heavy atom. The Labute approximate surface area is 167 Å². The zero-order chi connectivity index (χ0) is 18.7. The van der Waals surface area contributed by atoms with Crippen LogP contribution in [-0.4, -0.2) is 5.91 Å². The Hall–Kier alpha value is -2.08. The maximum absolute atomic E-state index is 13.7. The van der Waals surface area contributed by atoms with Gasteiger partial charge in [0.2, 0.25) is 5.91 Å². The minimum Gasteiger partial charge on any atom is -0.457 e. The molecule has 0 aliphatic heterocycles. The molecule has 132 valence electrons. The summed E-state index contributed by atoms with van der Waals surface area (Å²) < 4.78 is 20.0. The van der Waals surface area contributed by atoms with Crippen molar-refractivity contribution < 1.29 is 13.6 Å². The van der Waals surface area contributed by atoms with Crippen molar-refractivity contribution in [2.45, 2.75) is 0 Å². The Morgan fingerprint density at radius 2 is 1.92 bits per heavy atom. The van der Waals surface area contributed by atoms with Gasteiger partial charge in [-0.3, -0.25) is 4.79 Å². The molecule has 26 heavy (non-hydrogen) atoms. The molecule has 0 atom stereocenters. The van der Waals surface area contributed by atoms with Crippen LogP contribution in [0.25, 0.3) is 17.4 Å². The fraction of sp³-hybridized carbons (Fsp3) is 0. The van der Waals surface area contributed by atoms with Gasteiger partial charge in [0.25, 0.3) is 0 Å². The van der Waals surface area contributed by atoms with E-state index in [1.165, 1.54) is 24.3 Å². The van der Waals surface area contributed by atoms with Gasteiger partial charge in [-0.1, -0.05) is 39.1 Å². The topological polar surface area (TPSA) is 42.2 Å². The molecule has 0 unspecified atom stereocenters. The molecule has 2 aromatic carbocycles. The zero-order valence-corrected chi connectivity index (χ0v) is 16.2. The Balaban J connectivity index is 1.71. The highest BCUT2D eigenvalue weighted by Gasteiger charge is 2.09. The predicted octanol–water partition coefficient (Wildman–Crippen LogP) is 6.81. The standard InChI is InChI=1S/C19H11BrCl2FNO2/c20-11-1-6-17(16(23)9-11)24-19(25)8-4-13-3-7-18(26-13)14-5-2-12(21)10-15(14)22/h1-10H,(H,24,25)/b8-4+. The number of nitrogens with one attached hydrogen (secondary N) is 1. The van der Waals surface area contributed by atoms with Gasteiger partial charge in [-0.2, -0.15) is 0 Å². The number of amides is 1. The molecule has 3 rings (SSSR count). The fourth-order valence-corrected chi connectivity index (χ4v) is 3.03. The van der Waals surface area contributed by atoms with Gasteiger partial charge in [-0.05, 0) is 54.6 Å². The number of carbonyl (C=O) groups excluding carboxylic acids is 1. The number of furan rings is 1. The lowest BCUT2D eigenvalue weighted by atomic mass is 10.2. The third kappa shape index (κ3) is 4.55. The monoisotopic (exact) mass is 453 g/mol. The largest absolute Gasteiger partial charge is 0.457 e. The number of hydrogen-bond donors (Lipinski definition) is 1. The van der Waals surface area contributed by atoms with Crippen molar-refractivity contribution in [2.75, 3.05) is 5.32 Å². The van der Waals surface area contributed by atoms with Gasteiger partial charge < -0.3 is 9.73 Å². The predicted molar refractivity (Wildman–Crippen MR) is 106 cm³/mol. The first-order valence-corrected chi connectivity index (χ1v) is 8.96. The molecule has 0 radical (unpaired) electrons. The van der Waals surface area contributed by atoms with E-state index in [1.54, 1.807) is 36.4 Å². The molecule has 3 aromatic rings. The van der Waals surface area contributed by atoms with E-state index in [1.807, 2.05) is 0 Å². The van der Waals surface area contributed by atoms with Crippen molar-refractivity contribution in [1.82, 2.24) is 0 Å². The van der Waals surface area contributed by atoms with Crippen LogP contribution in [0.2, 0.25) is 10.0 Å². The molecular formula is C19H11BrCl2FNO2. The molecule has 0 aliphatic carbocycles. The van der Waals surface area contributed by atoms with Crippen molar-refractivity contribution in [1.29, 1.82) is 0 Å². The molecule has 1 N–H and O–H groups in total. The Bertz CT molecular complexity index is 1000. The molecule has 0 saturated carbocycles. The van der Waals surface area contributed by atoms with E-state index in [0.29, 0.717) is 31.6 Å². The van der Waals surface area contributed by atoms with Crippen LogP contribution in [0.15, 0.2) is 63.5 Å². The van der Waals surface area contributed by atoms with Crippen molar-refractivity contribution in [3.8, 4) is 11.3 Å². The summed E-state index contributed by atoms with van der Waals surface area (Å²) >= 11 is 15.2. The number of hydrogen-bond acceptors (Lipinski definition) is 2. The number of anilines is 1. The van der Waals surface area contributed by atoms with Crippen molar-refractivity contribution in [3.05, 3.63) is 80.7 Å². The molecule has 0 spiro atoms. The van der Waals surface area contributed by atoms with Crippen LogP contribution in [-0.2, 0) is 4.79 Å². The van der Waals surface area contributed by atoms with Gasteiger partial charge in [0.15, 0.2) is 0 Å². The van der Waals surface area contributed by atoms with E-state index >= 15 is 0 Å². The molecule has 0 fully saturated rings. The third-order valence-electron chi connectivity index (χ3n) is 3.41. The summed E-state index contributed by atoms with van der Waals surface area (Å²) in [6, 6.07) is 12.9. The Kier molecular flexibility index (Phi) is 5.81. The minimum atomic E-state index is -0.529. The SMILES string of the molecule is O=C(/C=C/c1ccc(-c2ccc(Cl)cc2Cl)o1)Nc1ccc(Br)cc1F. The van der Waals surface area contributed by atoms with Crippen LogP contribution >= 0.6 is 39.1 Å². The van der Waals surface area contributed by atoms with Crippen LogP contribution in [0.4, 0.5) is 10.1 Å². The lowest BCUT2D eigenvalue weighted by Gasteiger charge is -2.03. The van der Waals surface area contributed by atoms with Gasteiger partial charge in [0, 0.05) is 21.1 Å². The second-order valence-electron chi connectivity index (χ2n) is 5.27. The number of benzene rings is 2. The van der Waals surface area contributed by atoms with Gasteiger partial charge in [-0.25, -0.2) is 4.39 Å². The van der Waals surface area contributed by atoms with E-state index in [-0.39, 0.29) is 5.69 Å². The van der Waals surface area contributed by atoms with Crippen LogP contribution in [0.5, 0.6) is 0 Å². The molecule has 1 amide bonds. The number of halogens is 4. The van der Waals surface area contributed by atoms with Crippen LogP contribution < -0.4 is 5.32 Å². The zero-order valence-electron chi connectivity index (χ0n) is 13.1. The smallest absolute Gasteiger partial charge is 0.248 e. The highest BCUT2D eigenvalue weighted by Crippen LogP contribution is 2.31. The third-order valence-corrected chi connectivity index (χ3v) is 4.45. The summed E-state index contributed by atoms with van der Waals surface area (Å²) in [5.74, 6) is -0.00406. The summed E-state index contributed by atoms with van der Waals surface area (Å²) in [5.41, 5.74) is 0.785. The molecule has 3 nitrogen and oxygen atoms in total. The second kappa shape index (κ2) is 8.08. The lowest BCUT2D eigenvalue weighted by molar-refractivity contribution is -0.111. The first-order chi connectivity index (χ1) is 12.4. The van der Waals surface area contributed by atoms with Crippen molar-refractivity contribution in [3.63, 3.8) is 0 Å². The summed E-state index contributed by atoms with van der Waals surface area (Å²) in [7, 11) is 0. The van der Waals surface area contributed by atoms with Gasteiger partial charge in [-0.15, -0.1) is 0 Å². The average molecular weight is 455 g/mol. The molecule has 0 aliphatic rings. The molecule has 0 saturated heterocycles. The molecular weight excluding hydrogens is 444 g/mol. The average Bonchev–Trinajstić information content (AvgIpc) is 3.04. The van der Waals surface area contributed by atoms with Crippen molar-refractivity contribution in [2.24, 2.45) is 0 Å². The van der Waals surface area contributed by atoms with E-state index in [9.17, 15) is 9.18 Å². The van der Waals surface area contributed by atoms with E-state index in [0.717, 1.165) is 0 Å². The molecule has 1 aromatic heterocycles. The Morgan fingerprint density at radius 3 is 2.65 bits per heavy atom. The maximum Gasteiger partial charge on any atom is 0.248 e. The van der Waals surface area contributed by atoms with E-state index in [4.69, 9.17) is 27.6 Å². The van der Waals surface area contributed by atoms with Gasteiger partial charge in [0.1, 0.15) is 17.3 Å². The van der Waals surface area contributed by atoms with E-state index in [2.05, 4.69) is 21.2 Å². The van der Waals surface area contributed by atoms with Crippen molar-refractivity contribution >= 4 is 56.8 Å². The summed E-state index contributed by atoms with van der Waals surface area (Å²) in [6.45, 7) is 0. The highest BCUT2D eigenvalue weighted by atomic mass is 79.9.